The van der Waals surface area contributed by atoms with Crippen molar-refractivity contribution in [2.75, 3.05) is 6.54 Å². The summed E-state index contributed by atoms with van der Waals surface area (Å²) in [6, 6.07) is 0. The minimum Gasteiger partial charge on any atom is -0.481 e. The Balaban J connectivity index is 2.60. The van der Waals surface area contributed by atoms with Crippen molar-refractivity contribution in [3.05, 3.63) is 0 Å². The van der Waals surface area contributed by atoms with Crippen LogP contribution in [0, 0.1) is 17.8 Å². The van der Waals surface area contributed by atoms with E-state index < -0.39 is 23.4 Å². The van der Waals surface area contributed by atoms with E-state index in [9.17, 15) is 14.7 Å². The molecular formula is C14H25NO4. The van der Waals surface area contributed by atoms with Crippen LogP contribution in [-0.4, -0.2) is 34.2 Å². The summed E-state index contributed by atoms with van der Waals surface area (Å²) in [4.78, 5) is 23.2. The number of hydrogen-bond donors (Lipinski definition) is 3. The molecule has 5 heteroatoms. The Morgan fingerprint density at radius 3 is 2.21 bits per heavy atom. The molecule has 3 atom stereocenters. The maximum Gasteiger partial charge on any atom is 0.307 e. The molecular weight excluding hydrogens is 246 g/mol. The second-order valence-corrected chi connectivity index (χ2v) is 5.78. The summed E-state index contributed by atoms with van der Waals surface area (Å²) in [5.74, 6) is -1.94. The number of carbonyl (C=O) groups is 2. The van der Waals surface area contributed by atoms with Crippen LogP contribution in [0.4, 0.5) is 0 Å². The first-order valence-corrected chi connectivity index (χ1v) is 7.05. The fourth-order valence-electron chi connectivity index (χ4n) is 2.74. The zero-order valence-electron chi connectivity index (χ0n) is 12.0. The van der Waals surface area contributed by atoms with Crippen molar-refractivity contribution in [2.45, 2.75) is 52.1 Å². The van der Waals surface area contributed by atoms with Crippen molar-refractivity contribution in [2.24, 2.45) is 17.8 Å². The van der Waals surface area contributed by atoms with Crippen LogP contribution in [0.3, 0.4) is 0 Å². The summed E-state index contributed by atoms with van der Waals surface area (Å²) >= 11 is 0. The maximum atomic E-state index is 12.1. The summed E-state index contributed by atoms with van der Waals surface area (Å²) in [7, 11) is 0. The molecule has 3 N–H and O–H groups in total. The van der Waals surface area contributed by atoms with Gasteiger partial charge in [0.1, 0.15) is 0 Å². The second kappa shape index (κ2) is 6.37. The van der Waals surface area contributed by atoms with E-state index in [0.717, 1.165) is 0 Å². The zero-order valence-corrected chi connectivity index (χ0v) is 12.0. The van der Waals surface area contributed by atoms with Crippen LogP contribution in [0.2, 0.25) is 0 Å². The number of hydrogen-bond acceptors (Lipinski definition) is 3. The van der Waals surface area contributed by atoms with Crippen molar-refractivity contribution >= 4 is 11.9 Å². The lowest BCUT2D eigenvalue weighted by molar-refractivity contribution is -0.146. The van der Waals surface area contributed by atoms with Gasteiger partial charge in [-0.05, 0) is 31.6 Å². The first kappa shape index (κ1) is 16.0. The molecule has 1 aliphatic rings. The molecule has 3 unspecified atom stereocenters. The van der Waals surface area contributed by atoms with E-state index >= 15 is 0 Å². The van der Waals surface area contributed by atoms with Crippen LogP contribution in [0.1, 0.15) is 46.5 Å². The number of carboxylic acids is 1. The second-order valence-electron chi connectivity index (χ2n) is 5.78. The standard InChI is InChI=1S/C14H25NO4/c1-4-14(19,5-2)8-15-12(16)10-6-9(3)7-11(10)13(17)18/h9-11,19H,4-8H2,1-3H3,(H,15,16)(H,17,18). The van der Waals surface area contributed by atoms with Crippen molar-refractivity contribution in [3.63, 3.8) is 0 Å². The molecule has 1 fully saturated rings. The van der Waals surface area contributed by atoms with Gasteiger partial charge in [-0.25, -0.2) is 0 Å². The minimum atomic E-state index is -0.897. The molecule has 1 aliphatic carbocycles. The number of aliphatic hydroxyl groups is 1. The molecule has 0 aromatic rings. The van der Waals surface area contributed by atoms with Gasteiger partial charge in [-0.15, -0.1) is 0 Å². The largest absolute Gasteiger partial charge is 0.481 e. The Morgan fingerprint density at radius 2 is 1.74 bits per heavy atom. The first-order valence-electron chi connectivity index (χ1n) is 7.05. The lowest BCUT2D eigenvalue weighted by atomic mass is 9.93. The van der Waals surface area contributed by atoms with Crippen molar-refractivity contribution in [1.29, 1.82) is 0 Å². The lowest BCUT2D eigenvalue weighted by Crippen LogP contribution is -2.45. The fraction of sp³-hybridized carbons (Fsp3) is 0.857. The molecule has 0 heterocycles. The van der Waals surface area contributed by atoms with Gasteiger partial charge >= 0.3 is 5.97 Å². The van der Waals surface area contributed by atoms with E-state index in [1.807, 2.05) is 20.8 Å². The van der Waals surface area contributed by atoms with Crippen LogP contribution in [0.25, 0.3) is 0 Å². The third-order valence-corrected chi connectivity index (χ3v) is 4.36. The normalized spacial score (nSPS) is 27.3. The molecule has 1 saturated carbocycles. The summed E-state index contributed by atoms with van der Waals surface area (Å²) in [5.41, 5.74) is -0.890. The molecule has 0 bridgehead atoms. The molecule has 0 spiro atoms. The van der Waals surface area contributed by atoms with E-state index in [-0.39, 0.29) is 18.4 Å². The monoisotopic (exact) mass is 271 g/mol. The molecule has 0 aromatic heterocycles. The van der Waals surface area contributed by atoms with E-state index in [4.69, 9.17) is 5.11 Å². The predicted octanol–water partition coefficient (Wildman–Crippen LogP) is 1.40. The fourth-order valence-corrected chi connectivity index (χ4v) is 2.74. The van der Waals surface area contributed by atoms with Gasteiger partial charge < -0.3 is 15.5 Å². The van der Waals surface area contributed by atoms with E-state index in [0.29, 0.717) is 25.7 Å². The Labute approximate surface area is 114 Å². The van der Waals surface area contributed by atoms with E-state index in [1.165, 1.54) is 0 Å². The number of aliphatic carboxylic acids is 1. The highest BCUT2D eigenvalue weighted by molar-refractivity contribution is 5.85. The Kier molecular flexibility index (Phi) is 5.35. The van der Waals surface area contributed by atoms with E-state index in [2.05, 4.69) is 5.32 Å². The van der Waals surface area contributed by atoms with Gasteiger partial charge in [-0.3, -0.25) is 9.59 Å². The predicted molar refractivity (Wildman–Crippen MR) is 71.6 cm³/mol. The quantitative estimate of drug-likeness (QED) is 0.681. The Hall–Kier alpha value is -1.10. The third kappa shape index (κ3) is 3.93. The van der Waals surface area contributed by atoms with Gasteiger partial charge in [-0.1, -0.05) is 20.8 Å². The molecule has 0 aromatic carbocycles. The summed E-state index contributed by atoms with van der Waals surface area (Å²) in [5, 5.41) is 22.0. The van der Waals surface area contributed by atoms with Gasteiger partial charge in [0.05, 0.1) is 17.4 Å². The molecule has 0 aliphatic heterocycles. The Bertz CT molecular complexity index is 338. The topological polar surface area (TPSA) is 86.6 Å². The number of rotatable bonds is 6. The molecule has 110 valence electrons. The molecule has 0 saturated heterocycles. The Morgan fingerprint density at radius 1 is 1.21 bits per heavy atom. The molecule has 1 rings (SSSR count). The van der Waals surface area contributed by atoms with Crippen LogP contribution in [-0.2, 0) is 9.59 Å². The van der Waals surface area contributed by atoms with Crippen LogP contribution >= 0.6 is 0 Å². The average molecular weight is 271 g/mol. The number of nitrogens with one attached hydrogen (secondary N) is 1. The first-order chi connectivity index (χ1) is 8.83. The maximum absolute atomic E-state index is 12.1. The van der Waals surface area contributed by atoms with Crippen molar-refractivity contribution in [3.8, 4) is 0 Å². The number of carbonyl (C=O) groups excluding carboxylic acids is 1. The lowest BCUT2D eigenvalue weighted by Gasteiger charge is -2.26. The van der Waals surface area contributed by atoms with Gasteiger partial charge in [0, 0.05) is 6.54 Å². The molecule has 5 nitrogen and oxygen atoms in total. The number of amides is 1. The zero-order chi connectivity index (χ0) is 14.6. The SMILES string of the molecule is CCC(O)(CC)CNC(=O)C1CC(C)CC1C(=O)O. The third-order valence-electron chi connectivity index (χ3n) is 4.36. The van der Waals surface area contributed by atoms with Crippen molar-refractivity contribution in [1.82, 2.24) is 5.32 Å². The highest BCUT2D eigenvalue weighted by Crippen LogP contribution is 2.36. The van der Waals surface area contributed by atoms with Crippen molar-refractivity contribution < 1.29 is 19.8 Å². The van der Waals surface area contributed by atoms with Crippen LogP contribution < -0.4 is 5.32 Å². The molecule has 1 amide bonds. The van der Waals surface area contributed by atoms with Gasteiger partial charge in [0.2, 0.25) is 5.91 Å². The van der Waals surface area contributed by atoms with Gasteiger partial charge in [0.25, 0.3) is 0 Å². The smallest absolute Gasteiger partial charge is 0.307 e. The highest BCUT2D eigenvalue weighted by atomic mass is 16.4. The van der Waals surface area contributed by atoms with Gasteiger partial charge in [-0.2, -0.15) is 0 Å². The van der Waals surface area contributed by atoms with E-state index in [1.54, 1.807) is 0 Å². The highest BCUT2D eigenvalue weighted by Gasteiger charge is 2.41. The average Bonchev–Trinajstić information content (AvgIpc) is 2.78. The summed E-state index contributed by atoms with van der Waals surface area (Å²) in [6.45, 7) is 5.90. The molecule has 19 heavy (non-hydrogen) atoms. The van der Waals surface area contributed by atoms with Gasteiger partial charge in [0.15, 0.2) is 0 Å². The van der Waals surface area contributed by atoms with Crippen LogP contribution in [0.15, 0.2) is 0 Å². The van der Waals surface area contributed by atoms with Crippen LogP contribution in [0.5, 0.6) is 0 Å². The number of carboxylic acid groups (broad SMARTS) is 1. The summed E-state index contributed by atoms with van der Waals surface area (Å²) < 4.78 is 0. The minimum absolute atomic E-state index is 0.191. The molecule has 0 radical (unpaired) electrons. The summed E-state index contributed by atoms with van der Waals surface area (Å²) in [6.07, 6.45) is 2.29.